The second kappa shape index (κ2) is 9.30. The van der Waals surface area contributed by atoms with Gasteiger partial charge in [-0.1, -0.05) is 32.0 Å². The van der Waals surface area contributed by atoms with Gasteiger partial charge in [-0.05, 0) is 54.7 Å². The topological polar surface area (TPSA) is 96.9 Å². The molecule has 2 N–H and O–H groups in total. The maximum Gasteiger partial charge on any atom is 0.262 e. The summed E-state index contributed by atoms with van der Waals surface area (Å²) in [5, 5.41) is 2.70. The average molecular weight is 430 g/mol. The van der Waals surface area contributed by atoms with Crippen molar-refractivity contribution in [2.75, 3.05) is 18.5 Å². The van der Waals surface area contributed by atoms with Crippen LogP contribution in [0, 0.1) is 6.92 Å². The van der Waals surface area contributed by atoms with Crippen LogP contribution in [0.1, 0.15) is 43.7 Å². The molecule has 1 amide bonds. The highest BCUT2D eigenvalue weighted by Crippen LogP contribution is 2.27. The van der Waals surface area contributed by atoms with E-state index in [1.54, 1.807) is 12.1 Å². The van der Waals surface area contributed by atoms with Gasteiger partial charge in [0.25, 0.3) is 15.9 Å². The van der Waals surface area contributed by atoms with E-state index in [1.165, 1.54) is 12.1 Å². The van der Waals surface area contributed by atoms with Crippen molar-refractivity contribution in [1.29, 1.82) is 0 Å². The Bertz CT molecular complexity index is 1060. The van der Waals surface area contributed by atoms with Crippen LogP contribution in [0.2, 0.25) is 0 Å². The zero-order valence-electron chi connectivity index (χ0n) is 17.4. The summed E-state index contributed by atoms with van der Waals surface area (Å²) < 4.78 is 33.3. The molecule has 0 bridgehead atoms. The Labute approximate surface area is 177 Å². The Hall–Kier alpha value is -2.87. The summed E-state index contributed by atoms with van der Waals surface area (Å²) >= 11 is 0. The van der Waals surface area contributed by atoms with Gasteiger partial charge in [-0.2, -0.15) is 0 Å². The molecule has 0 spiro atoms. The van der Waals surface area contributed by atoms with Crippen molar-refractivity contribution in [2.24, 2.45) is 4.99 Å². The number of carbonyl (C=O) groups is 1. The number of amidine groups is 1. The fourth-order valence-corrected chi connectivity index (χ4v) is 4.30. The molecule has 3 rings (SSSR count). The molecule has 0 saturated carbocycles. The predicted molar refractivity (Wildman–Crippen MR) is 118 cm³/mol. The Morgan fingerprint density at radius 3 is 2.70 bits per heavy atom. The average Bonchev–Trinajstić information content (AvgIpc) is 3.18. The van der Waals surface area contributed by atoms with Crippen LogP contribution in [-0.4, -0.2) is 33.3 Å². The van der Waals surface area contributed by atoms with Crippen LogP contribution in [0.15, 0.2) is 52.4 Å². The van der Waals surface area contributed by atoms with Gasteiger partial charge < -0.3 is 10.1 Å². The second-order valence-corrected chi connectivity index (χ2v) is 9.28. The molecule has 0 unspecified atom stereocenters. The summed E-state index contributed by atoms with van der Waals surface area (Å²) in [5.74, 6) is 1.05. The first kappa shape index (κ1) is 21.8. The summed E-state index contributed by atoms with van der Waals surface area (Å²) in [6.45, 7) is 6.56. The number of aryl methyl sites for hydroxylation is 1. The van der Waals surface area contributed by atoms with Crippen LogP contribution in [0.3, 0.4) is 0 Å². The van der Waals surface area contributed by atoms with Gasteiger partial charge in [0.15, 0.2) is 6.61 Å². The van der Waals surface area contributed by atoms with Crippen molar-refractivity contribution in [1.82, 2.24) is 4.72 Å². The number of hydrogen-bond acceptors (Lipinski definition) is 5. The number of nitrogens with one attached hydrogen (secondary N) is 2. The van der Waals surface area contributed by atoms with E-state index in [0.29, 0.717) is 30.2 Å². The van der Waals surface area contributed by atoms with Crippen LogP contribution in [0.5, 0.6) is 5.75 Å². The van der Waals surface area contributed by atoms with E-state index in [2.05, 4.69) is 28.9 Å². The van der Waals surface area contributed by atoms with Crippen LogP contribution in [0.4, 0.5) is 5.69 Å². The lowest BCUT2D eigenvalue weighted by atomic mass is 10.0. The van der Waals surface area contributed by atoms with E-state index >= 15 is 0 Å². The lowest BCUT2D eigenvalue weighted by molar-refractivity contribution is -0.118. The fraction of sp³-hybridized carbons (Fsp3) is 0.364. The van der Waals surface area contributed by atoms with Gasteiger partial charge in [0.1, 0.15) is 11.6 Å². The number of amides is 1. The Morgan fingerprint density at radius 1 is 1.20 bits per heavy atom. The third-order valence-electron chi connectivity index (χ3n) is 4.70. The van der Waals surface area contributed by atoms with E-state index in [-0.39, 0.29) is 23.3 Å². The molecule has 0 radical (unpaired) electrons. The van der Waals surface area contributed by atoms with Gasteiger partial charge in [-0.25, -0.2) is 8.42 Å². The minimum Gasteiger partial charge on any atom is -0.483 e. The standard InChI is InChI=1S/C22H27N3O4S/c1-15(2)19-10-9-16(3)12-20(19)29-14-22(26)24-17-6-4-7-18(13-17)30(27,28)25-21-8-5-11-23-21/h4,6-7,9-10,12-13,15H,5,8,11,14H2,1-3H3,(H,23,25)(H,24,26). The Morgan fingerprint density at radius 2 is 2.00 bits per heavy atom. The third kappa shape index (κ3) is 5.60. The number of nitrogens with zero attached hydrogens (tertiary/aromatic N) is 1. The molecule has 0 atom stereocenters. The van der Waals surface area contributed by atoms with E-state index in [1.807, 2.05) is 25.1 Å². The number of aliphatic imine (C=N–C) groups is 1. The first-order valence-electron chi connectivity index (χ1n) is 9.94. The van der Waals surface area contributed by atoms with Crippen LogP contribution >= 0.6 is 0 Å². The van der Waals surface area contributed by atoms with Crippen LogP contribution < -0.4 is 14.8 Å². The molecule has 160 valence electrons. The fourth-order valence-electron chi connectivity index (χ4n) is 3.16. The van der Waals surface area contributed by atoms with Gasteiger partial charge in [0.2, 0.25) is 0 Å². The Kier molecular flexibility index (Phi) is 6.77. The molecule has 0 saturated heterocycles. The van der Waals surface area contributed by atoms with Crippen LogP contribution in [0.25, 0.3) is 0 Å². The molecule has 1 heterocycles. The summed E-state index contributed by atoms with van der Waals surface area (Å²) in [5.41, 5.74) is 2.46. The molecule has 1 aliphatic heterocycles. The molecule has 1 aliphatic rings. The van der Waals surface area contributed by atoms with Crippen molar-refractivity contribution in [3.8, 4) is 5.75 Å². The van der Waals surface area contributed by atoms with Gasteiger partial charge in [0, 0.05) is 18.7 Å². The second-order valence-electron chi connectivity index (χ2n) is 7.60. The largest absolute Gasteiger partial charge is 0.483 e. The van der Waals surface area contributed by atoms with Crippen molar-refractivity contribution in [3.05, 3.63) is 53.6 Å². The molecular weight excluding hydrogens is 402 g/mol. The minimum absolute atomic E-state index is 0.0663. The predicted octanol–water partition coefficient (Wildman–Crippen LogP) is 3.61. The minimum atomic E-state index is -3.74. The lowest BCUT2D eigenvalue weighted by Crippen LogP contribution is -2.29. The van der Waals surface area contributed by atoms with E-state index in [0.717, 1.165) is 17.5 Å². The van der Waals surface area contributed by atoms with Crippen molar-refractivity contribution < 1.29 is 17.9 Å². The molecule has 7 nitrogen and oxygen atoms in total. The number of sulfonamides is 1. The van der Waals surface area contributed by atoms with E-state index in [9.17, 15) is 13.2 Å². The highest BCUT2D eigenvalue weighted by molar-refractivity contribution is 7.90. The molecule has 2 aromatic rings. The van der Waals surface area contributed by atoms with E-state index in [4.69, 9.17) is 4.74 Å². The maximum absolute atomic E-state index is 12.5. The number of benzene rings is 2. The number of carbonyl (C=O) groups excluding carboxylic acids is 1. The highest BCUT2D eigenvalue weighted by atomic mass is 32.2. The number of hydrogen-bond donors (Lipinski definition) is 2. The quantitative estimate of drug-likeness (QED) is 0.703. The normalized spacial score (nSPS) is 13.8. The zero-order chi connectivity index (χ0) is 21.7. The number of anilines is 1. The van der Waals surface area contributed by atoms with Crippen molar-refractivity contribution in [2.45, 2.75) is 44.4 Å². The number of rotatable bonds is 7. The van der Waals surface area contributed by atoms with Crippen LogP contribution in [-0.2, 0) is 14.8 Å². The number of ether oxygens (including phenoxy) is 1. The SMILES string of the molecule is Cc1ccc(C(C)C)c(OCC(=O)Nc2cccc(S(=O)(=O)NC3=NCCC3)c2)c1. The van der Waals surface area contributed by atoms with Crippen molar-refractivity contribution in [3.63, 3.8) is 0 Å². The summed E-state index contributed by atoms with van der Waals surface area (Å²) in [4.78, 5) is 16.6. The molecule has 2 aromatic carbocycles. The lowest BCUT2D eigenvalue weighted by Gasteiger charge is -2.15. The molecule has 0 aliphatic carbocycles. The summed E-state index contributed by atoms with van der Waals surface area (Å²) in [7, 11) is -3.74. The zero-order valence-corrected chi connectivity index (χ0v) is 18.3. The van der Waals surface area contributed by atoms with Gasteiger partial charge in [0.05, 0.1) is 4.90 Å². The molecule has 8 heteroatoms. The molecule has 30 heavy (non-hydrogen) atoms. The summed E-state index contributed by atoms with van der Waals surface area (Å²) in [6, 6.07) is 12.0. The summed E-state index contributed by atoms with van der Waals surface area (Å²) in [6.07, 6.45) is 1.46. The Balaban J connectivity index is 1.65. The maximum atomic E-state index is 12.5. The monoisotopic (exact) mass is 429 g/mol. The van der Waals surface area contributed by atoms with E-state index < -0.39 is 10.0 Å². The van der Waals surface area contributed by atoms with Gasteiger partial charge in [-0.15, -0.1) is 0 Å². The molecule has 0 fully saturated rings. The smallest absolute Gasteiger partial charge is 0.262 e. The molecule has 0 aromatic heterocycles. The first-order chi connectivity index (χ1) is 14.2. The third-order valence-corrected chi connectivity index (χ3v) is 6.08. The first-order valence-corrected chi connectivity index (χ1v) is 11.4. The molecular formula is C22H27N3O4S. The van der Waals surface area contributed by atoms with Crippen molar-refractivity contribution >= 4 is 27.5 Å². The van der Waals surface area contributed by atoms with Gasteiger partial charge in [-0.3, -0.25) is 14.5 Å². The highest BCUT2D eigenvalue weighted by Gasteiger charge is 2.19. The van der Waals surface area contributed by atoms with Gasteiger partial charge >= 0.3 is 0 Å².